The van der Waals surface area contributed by atoms with Gasteiger partial charge in [0.2, 0.25) is 0 Å². The van der Waals surface area contributed by atoms with Crippen LogP contribution in [-0.2, 0) is 0 Å². The second kappa shape index (κ2) is 7.85. The van der Waals surface area contributed by atoms with Crippen LogP contribution in [0.2, 0.25) is 5.02 Å². The number of hydrogen-bond acceptors (Lipinski definition) is 3. The van der Waals surface area contributed by atoms with Crippen LogP contribution in [0.25, 0.3) is 22.2 Å². The number of aromatic nitrogens is 1. The van der Waals surface area contributed by atoms with E-state index in [2.05, 4.69) is 5.32 Å². The van der Waals surface area contributed by atoms with Crippen LogP contribution in [-0.4, -0.2) is 43.0 Å². The predicted octanol–water partition coefficient (Wildman–Crippen LogP) is 4.16. The zero-order chi connectivity index (χ0) is 18.7. The topological polar surface area (TPSA) is 45.2 Å². The van der Waals surface area contributed by atoms with E-state index in [-0.39, 0.29) is 5.91 Å². The highest BCUT2D eigenvalue weighted by Crippen LogP contribution is 2.30. The maximum absolute atomic E-state index is 12.8. The van der Waals surface area contributed by atoms with E-state index in [1.165, 1.54) is 0 Å². The number of rotatable bonds is 5. The van der Waals surface area contributed by atoms with E-state index < -0.39 is 0 Å². The molecule has 1 amide bonds. The molecule has 3 rings (SSSR count). The lowest BCUT2D eigenvalue weighted by molar-refractivity contribution is 0.0952. The highest BCUT2D eigenvalue weighted by atomic mass is 35.5. The van der Waals surface area contributed by atoms with Crippen molar-refractivity contribution >= 4 is 28.4 Å². The van der Waals surface area contributed by atoms with Crippen molar-refractivity contribution in [3.63, 3.8) is 0 Å². The van der Waals surface area contributed by atoms with Gasteiger partial charge in [-0.2, -0.15) is 0 Å². The molecule has 1 aromatic heterocycles. The van der Waals surface area contributed by atoms with Gasteiger partial charge in [0.15, 0.2) is 0 Å². The van der Waals surface area contributed by atoms with Crippen LogP contribution in [0.3, 0.4) is 0 Å². The lowest BCUT2D eigenvalue weighted by Gasteiger charge is -2.14. The van der Waals surface area contributed by atoms with Gasteiger partial charge in [-0.3, -0.25) is 4.79 Å². The Bertz CT molecular complexity index is 939. The molecule has 2 aromatic carbocycles. The first-order valence-electron chi connectivity index (χ1n) is 8.55. The van der Waals surface area contributed by atoms with Gasteiger partial charge in [0.25, 0.3) is 5.91 Å². The van der Waals surface area contributed by atoms with Crippen LogP contribution in [0.15, 0.2) is 48.5 Å². The summed E-state index contributed by atoms with van der Waals surface area (Å²) in [5.74, 6) is -0.0989. The largest absolute Gasteiger partial charge is 0.351 e. The van der Waals surface area contributed by atoms with Crippen molar-refractivity contribution in [1.29, 1.82) is 0 Å². The van der Waals surface area contributed by atoms with Crippen LogP contribution < -0.4 is 5.32 Å². The summed E-state index contributed by atoms with van der Waals surface area (Å²) in [6, 6.07) is 15.4. The summed E-state index contributed by atoms with van der Waals surface area (Å²) >= 11 is 6.29. The van der Waals surface area contributed by atoms with E-state index in [4.69, 9.17) is 16.6 Å². The molecule has 4 nitrogen and oxygen atoms in total. The van der Waals surface area contributed by atoms with Crippen molar-refractivity contribution < 1.29 is 4.79 Å². The second-order valence-electron chi connectivity index (χ2n) is 6.55. The number of nitrogens with one attached hydrogen (secondary N) is 1. The molecular weight excluding hydrogens is 346 g/mol. The number of hydrogen-bond donors (Lipinski definition) is 1. The molecule has 0 aliphatic carbocycles. The molecule has 134 valence electrons. The number of fused-ring (bicyclic) bond motifs is 1. The zero-order valence-corrected chi connectivity index (χ0v) is 16.0. The average molecular weight is 368 g/mol. The molecular formula is C21H22ClN3O. The van der Waals surface area contributed by atoms with Gasteiger partial charge >= 0.3 is 0 Å². The van der Waals surface area contributed by atoms with Crippen LogP contribution in [0.1, 0.15) is 15.9 Å². The minimum atomic E-state index is -0.0989. The van der Waals surface area contributed by atoms with Gasteiger partial charge in [-0.1, -0.05) is 48.0 Å². The van der Waals surface area contributed by atoms with E-state index >= 15 is 0 Å². The van der Waals surface area contributed by atoms with Crippen molar-refractivity contribution in [3.8, 4) is 11.3 Å². The number of pyridine rings is 1. The Hall–Kier alpha value is -2.43. The molecule has 0 fully saturated rings. The number of carbonyl (C=O) groups is 1. The summed E-state index contributed by atoms with van der Waals surface area (Å²) in [5.41, 5.74) is 3.99. The van der Waals surface area contributed by atoms with Gasteiger partial charge in [0, 0.05) is 29.1 Å². The van der Waals surface area contributed by atoms with E-state index in [1.54, 1.807) is 0 Å². The normalized spacial score (nSPS) is 11.1. The van der Waals surface area contributed by atoms with Crippen molar-refractivity contribution in [2.75, 3.05) is 27.2 Å². The average Bonchev–Trinajstić information content (AvgIpc) is 2.64. The minimum absolute atomic E-state index is 0.0989. The highest BCUT2D eigenvalue weighted by Gasteiger charge is 2.16. The smallest absolute Gasteiger partial charge is 0.252 e. The number of nitrogens with zero attached hydrogens (tertiary/aromatic N) is 2. The molecule has 0 bridgehead atoms. The van der Waals surface area contributed by atoms with Crippen molar-refractivity contribution in [2.24, 2.45) is 0 Å². The summed E-state index contributed by atoms with van der Waals surface area (Å²) in [6.45, 7) is 3.30. The Kier molecular flexibility index (Phi) is 5.55. The molecule has 3 aromatic rings. The van der Waals surface area contributed by atoms with E-state index in [1.807, 2.05) is 74.4 Å². The van der Waals surface area contributed by atoms with Gasteiger partial charge in [-0.25, -0.2) is 4.98 Å². The lowest BCUT2D eigenvalue weighted by Crippen LogP contribution is -2.31. The number of carbonyl (C=O) groups excluding carboxylic acids is 1. The Balaban J connectivity index is 2.11. The first-order valence-corrected chi connectivity index (χ1v) is 8.93. The summed E-state index contributed by atoms with van der Waals surface area (Å²) in [5, 5.41) is 4.46. The molecule has 0 aliphatic heterocycles. The molecule has 1 N–H and O–H groups in total. The molecule has 0 aliphatic rings. The van der Waals surface area contributed by atoms with E-state index in [0.29, 0.717) is 17.1 Å². The Morgan fingerprint density at radius 1 is 1.15 bits per heavy atom. The third-order valence-electron chi connectivity index (χ3n) is 4.33. The van der Waals surface area contributed by atoms with Crippen molar-refractivity contribution in [1.82, 2.24) is 15.2 Å². The molecule has 0 saturated heterocycles. The molecule has 0 unspecified atom stereocenters. The Labute approximate surface area is 158 Å². The van der Waals surface area contributed by atoms with Gasteiger partial charge in [-0.15, -0.1) is 0 Å². The molecule has 0 radical (unpaired) electrons. The van der Waals surface area contributed by atoms with Crippen LogP contribution in [0.5, 0.6) is 0 Å². The number of amides is 1. The third-order valence-corrected chi connectivity index (χ3v) is 4.74. The van der Waals surface area contributed by atoms with Gasteiger partial charge in [0.1, 0.15) is 0 Å². The van der Waals surface area contributed by atoms with Crippen LogP contribution in [0, 0.1) is 6.92 Å². The van der Waals surface area contributed by atoms with E-state index in [9.17, 15) is 4.79 Å². The summed E-state index contributed by atoms with van der Waals surface area (Å²) in [6.07, 6.45) is 0. The molecule has 1 heterocycles. The number of halogens is 1. The van der Waals surface area contributed by atoms with Gasteiger partial charge in [-0.05, 0) is 38.7 Å². The fourth-order valence-corrected chi connectivity index (χ4v) is 2.99. The lowest BCUT2D eigenvalue weighted by atomic mass is 10.0. The Morgan fingerprint density at radius 2 is 1.88 bits per heavy atom. The SMILES string of the molecule is Cc1c(Cl)ccc2c(C(=O)NCCN(C)C)cc(-c3ccccc3)nc12. The Morgan fingerprint density at radius 3 is 2.58 bits per heavy atom. The third kappa shape index (κ3) is 3.87. The minimum Gasteiger partial charge on any atom is -0.351 e. The molecule has 0 saturated carbocycles. The van der Waals surface area contributed by atoms with Crippen LogP contribution in [0.4, 0.5) is 0 Å². The molecule has 5 heteroatoms. The van der Waals surface area contributed by atoms with E-state index in [0.717, 1.165) is 34.3 Å². The highest BCUT2D eigenvalue weighted by molar-refractivity contribution is 6.32. The molecule has 0 spiro atoms. The summed E-state index contributed by atoms with van der Waals surface area (Å²) in [7, 11) is 3.96. The standard InChI is InChI=1S/C21H22ClN3O/c1-14-18(22)10-9-16-17(21(26)23-11-12-25(2)3)13-19(24-20(14)16)15-7-5-4-6-8-15/h4-10,13H,11-12H2,1-3H3,(H,23,26). The summed E-state index contributed by atoms with van der Waals surface area (Å²) < 4.78 is 0. The first-order chi connectivity index (χ1) is 12.5. The maximum Gasteiger partial charge on any atom is 0.252 e. The fourth-order valence-electron chi connectivity index (χ4n) is 2.84. The number of benzene rings is 2. The van der Waals surface area contributed by atoms with Gasteiger partial charge in [0.05, 0.1) is 16.8 Å². The van der Waals surface area contributed by atoms with Crippen molar-refractivity contribution in [3.05, 3.63) is 64.7 Å². The first kappa shape index (κ1) is 18.4. The summed E-state index contributed by atoms with van der Waals surface area (Å²) in [4.78, 5) is 19.6. The number of aryl methyl sites for hydroxylation is 1. The van der Waals surface area contributed by atoms with Crippen molar-refractivity contribution in [2.45, 2.75) is 6.92 Å². The quantitative estimate of drug-likeness (QED) is 0.736. The predicted molar refractivity (Wildman–Crippen MR) is 108 cm³/mol. The van der Waals surface area contributed by atoms with Crippen LogP contribution >= 0.6 is 11.6 Å². The molecule has 26 heavy (non-hydrogen) atoms. The monoisotopic (exact) mass is 367 g/mol. The maximum atomic E-state index is 12.8. The fraction of sp³-hybridized carbons (Fsp3) is 0.238. The second-order valence-corrected chi connectivity index (χ2v) is 6.96. The molecule has 0 atom stereocenters. The zero-order valence-electron chi connectivity index (χ0n) is 15.2. The van der Waals surface area contributed by atoms with Gasteiger partial charge < -0.3 is 10.2 Å². The number of likely N-dealkylation sites (N-methyl/N-ethyl adjacent to an activating group) is 1.